The molecule has 7 nitrogen and oxygen atoms in total. The zero-order chi connectivity index (χ0) is 24.8. The van der Waals surface area contributed by atoms with E-state index < -0.39 is 6.04 Å². The lowest BCUT2D eigenvalue weighted by atomic mass is 10.1. The predicted octanol–water partition coefficient (Wildman–Crippen LogP) is 3.91. The first-order chi connectivity index (χ1) is 16.2. The van der Waals surface area contributed by atoms with Crippen molar-refractivity contribution >= 4 is 35.2 Å². The summed E-state index contributed by atoms with van der Waals surface area (Å²) < 4.78 is 0. The van der Waals surface area contributed by atoms with E-state index in [9.17, 15) is 19.2 Å². The van der Waals surface area contributed by atoms with Gasteiger partial charge in [-0.1, -0.05) is 55.8 Å². The summed E-state index contributed by atoms with van der Waals surface area (Å²) in [5, 5.41) is 3.39. The van der Waals surface area contributed by atoms with Crippen molar-refractivity contribution in [2.75, 3.05) is 13.1 Å². The average Bonchev–Trinajstić information content (AvgIpc) is 3.06. The van der Waals surface area contributed by atoms with Crippen LogP contribution in [0.15, 0.2) is 48.5 Å². The van der Waals surface area contributed by atoms with Gasteiger partial charge in [-0.05, 0) is 43.0 Å². The van der Waals surface area contributed by atoms with Crippen LogP contribution in [0.25, 0.3) is 0 Å². The summed E-state index contributed by atoms with van der Waals surface area (Å²) in [5.41, 5.74) is 1.51. The minimum atomic E-state index is -0.707. The Morgan fingerprint density at radius 1 is 0.971 bits per heavy atom. The van der Waals surface area contributed by atoms with Gasteiger partial charge in [0.2, 0.25) is 11.8 Å². The molecule has 0 aromatic heterocycles. The highest BCUT2D eigenvalue weighted by Crippen LogP contribution is 2.23. The smallest absolute Gasteiger partial charge is 0.261 e. The molecule has 0 radical (unpaired) electrons. The van der Waals surface area contributed by atoms with Crippen LogP contribution in [0.3, 0.4) is 0 Å². The van der Waals surface area contributed by atoms with Crippen LogP contribution in [-0.4, -0.2) is 52.6 Å². The van der Waals surface area contributed by atoms with Gasteiger partial charge in [0.15, 0.2) is 0 Å². The van der Waals surface area contributed by atoms with Crippen molar-refractivity contribution in [3.8, 4) is 0 Å². The molecule has 0 aliphatic carbocycles. The van der Waals surface area contributed by atoms with Gasteiger partial charge in [0.25, 0.3) is 11.8 Å². The van der Waals surface area contributed by atoms with Crippen LogP contribution in [0.5, 0.6) is 0 Å². The van der Waals surface area contributed by atoms with Gasteiger partial charge in [-0.2, -0.15) is 0 Å². The standard InChI is InChI=1S/C26H30ClN3O4/c1-17(2)15-28-24(32)18(3)30(16-19-9-4-7-12-22(19)27)23(31)13-8-14-29-25(33)20-10-5-6-11-21(20)26(29)34/h4-7,9-12,17-18H,8,13-16H2,1-3H3,(H,28,32)/t18-/m0/s1. The van der Waals surface area contributed by atoms with Crippen LogP contribution in [0.2, 0.25) is 5.02 Å². The molecule has 0 saturated carbocycles. The SMILES string of the molecule is CC(C)CNC(=O)[C@H](C)N(Cc1ccccc1Cl)C(=O)CCCN1C(=O)c2ccccc2C1=O. The fourth-order valence-electron chi connectivity index (χ4n) is 3.82. The molecule has 34 heavy (non-hydrogen) atoms. The van der Waals surface area contributed by atoms with Crippen molar-refractivity contribution in [1.29, 1.82) is 0 Å². The molecule has 180 valence electrons. The third-order valence-corrected chi connectivity index (χ3v) is 6.17. The van der Waals surface area contributed by atoms with E-state index in [4.69, 9.17) is 11.6 Å². The van der Waals surface area contributed by atoms with E-state index in [0.717, 1.165) is 5.56 Å². The van der Waals surface area contributed by atoms with Gasteiger partial charge in [0.05, 0.1) is 11.1 Å². The van der Waals surface area contributed by atoms with Crippen LogP contribution < -0.4 is 5.32 Å². The van der Waals surface area contributed by atoms with Crippen molar-refractivity contribution in [3.05, 3.63) is 70.2 Å². The van der Waals surface area contributed by atoms with Crippen molar-refractivity contribution in [3.63, 3.8) is 0 Å². The second-order valence-corrected chi connectivity index (χ2v) is 9.25. The molecule has 4 amide bonds. The normalized spacial score (nSPS) is 13.7. The van der Waals surface area contributed by atoms with Gasteiger partial charge in [0, 0.05) is 31.1 Å². The van der Waals surface area contributed by atoms with Gasteiger partial charge in [0.1, 0.15) is 6.04 Å². The number of rotatable bonds is 10. The Balaban J connectivity index is 1.67. The fraction of sp³-hybridized carbons (Fsp3) is 0.385. The van der Waals surface area contributed by atoms with Crippen LogP contribution in [0, 0.1) is 5.92 Å². The third-order valence-electron chi connectivity index (χ3n) is 5.80. The Morgan fingerprint density at radius 2 is 1.56 bits per heavy atom. The second-order valence-electron chi connectivity index (χ2n) is 8.84. The Labute approximate surface area is 205 Å². The maximum absolute atomic E-state index is 13.2. The van der Waals surface area contributed by atoms with Crippen molar-refractivity contribution in [2.24, 2.45) is 5.92 Å². The first kappa shape index (κ1) is 25.4. The quantitative estimate of drug-likeness (QED) is 0.519. The molecule has 1 aliphatic heterocycles. The lowest BCUT2D eigenvalue weighted by molar-refractivity contribution is -0.140. The molecule has 1 heterocycles. The minimum absolute atomic E-state index is 0.0830. The molecule has 0 spiro atoms. The minimum Gasteiger partial charge on any atom is -0.354 e. The summed E-state index contributed by atoms with van der Waals surface area (Å²) in [7, 11) is 0. The van der Waals surface area contributed by atoms with Crippen molar-refractivity contribution in [1.82, 2.24) is 15.1 Å². The zero-order valence-corrected chi connectivity index (χ0v) is 20.5. The van der Waals surface area contributed by atoms with E-state index in [-0.39, 0.29) is 49.1 Å². The van der Waals surface area contributed by atoms with Gasteiger partial charge in [-0.15, -0.1) is 0 Å². The number of imide groups is 1. The molecule has 1 aliphatic rings. The van der Waals surface area contributed by atoms with E-state index in [1.54, 1.807) is 43.3 Å². The van der Waals surface area contributed by atoms with Gasteiger partial charge < -0.3 is 10.2 Å². The Kier molecular flexibility index (Phi) is 8.45. The van der Waals surface area contributed by atoms with E-state index in [2.05, 4.69) is 5.32 Å². The summed E-state index contributed by atoms with van der Waals surface area (Å²) >= 11 is 6.31. The van der Waals surface area contributed by atoms with Crippen molar-refractivity contribution < 1.29 is 19.2 Å². The number of hydrogen-bond donors (Lipinski definition) is 1. The Hall–Kier alpha value is -3.19. The summed E-state index contributed by atoms with van der Waals surface area (Å²) in [4.78, 5) is 53.7. The molecule has 8 heteroatoms. The summed E-state index contributed by atoms with van der Waals surface area (Å²) in [5.74, 6) is -0.897. The second kappa shape index (κ2) is 11.3. The Bertz CT molecular complexity index is 1050. The molecular formula is C26H30ClN3O4. The predicted molar refractivity (Wildman–Crippen MR) is 130 cm³/mol. The number of benzene rings is 2. The van der Waals surface area contributed by atoms with E-state index in [1.807, 2.05) is 26.0 Å². The molecule has 0 unspecified atom stereocenters. The molecule has 1 N–H and O–H groups in total. The van der Waals surface area contributed by atoms with E-state index in [1.165, 1.54) is 9.80 Å². The number of fused-ring (bicyclic) bond motifs is 1. The molecule has 1 atom stereocenters. The largest absolute Gasteiger partial charge is 0.354 e. The fourth-order valence-corrected chi connectivity index (χ4v) is 4.01. The summed E-state index contributed by atoms with van der Waals surface area (Å²) in [6, 6.07) is 13.2. The summed E-state index contributed by atoms with van der Waals surface area (Å²) in [6.07, 6.45) is 0.378. The number of carbonyl (C=O) groups is 4. The topological polar surface area (TPSA) is 86.8 Å². The zero-order valence-electron chi connectivity index (χ0n) is 19.7. The molecule has 3 rings (SSSR count). The molecule has 0 saturated heterocycles. The number of halogens is 1. The number of hydrogen-bond acceptors (Lipinski definition) is 4. The van der Waals surface area contributed by atoms with E-state index in [0.29, 0.717) is 29.1 Å². The van der Waals surface area contributed by atoms with Crippen LogP contribution >= 0.6 is 11.6 Å². The number of nitrogens with zero attached hydrogens (tertiary/aromatic N) is 2. The average molecular weight is 484 g/mol. The molecule has 0 bridgehead atoms. The van der Waals surface area contributed by atoms with Gasteiger partial charge in [-0.25, -0.2) is 0 Å². The molecule has 2 aromatic carbocycles. The first-order valence-corrected chi connectivity index (χ1v) is 11.8. The molecular weight excluding hydrogens is 454 g/mol. The highest BCUT2D eigenvalue weighted by Gasteiger charge is 2.35. The first-order valence-electron chi connectivity index (χ1n) is 11.5. The van der Waals surface area contributed by atoms with Gasteiger partial charge in [-0.3, -0.25) is 24.1 Å². The van der Waals surface area contributed by atoms with Crippen LogP contribution in [-0.2, 0) is 16.1 Å². The maximum atomic E-state index is 13.2. The Morgan fingerprint density at radius 3 is 2.15 bits per heavy atom. The van der Waals surface area contributed by atoms with E-state index >= 15 is 0 Å². The molecule has 0 fully saturated rings. The number of carbonyl (C=O) groups excluding carboxylic acids is 4. The van der Waals surface area contributed by atoms with Crippen molar-refractivity contribution in [2.45, 2.75) is 46.2 Å². The highest BCUT2D eigenvalue weighted by atomic mass is 35.5. The third kappa shape index (κ3) is 5.83. The monoisotopic (exact) mass is 483 g/mol. The number of nitrogens with one attached hydrogen (secondary N) is 1. The molecule has 2 aromatic rings. The lowest BCUT2D eigenvalue weighted by Gasteiger charge is -2.29. The summed E-state index contributed by atoms with van der Waals surface area (Å²) in [6.45, 7) is 6.51. The number of amides is 4. The van der Waals surface area contributed by atoms with Crippen LogP contribution in [0.1, 0.15) is 59.9 Å². The van der Waals surface area contributed by atoms with Crippen LogP contribution in [0.4, 0.5) is 0 Å². The highest BCUT2D eigenvalue weighted by molar-refractivity contribution is 6.31. The maximum Gasteiger partial charge on any atom is 0.261 e. The lowest BCUT2D eigenvalue weighted by Crippen LogP contribution is -2.48. The van der Waals surface area contributed by atoms with Gasteiger partial charge >= 0.3 is 0 Å².